The lowest BCUT2D eigenvalue weighted by Crippen LogP contribution is -2.42. The van der Waals surface area contributed by atoms with E-state index >= 15 is 0 Å². The predicted octanol–water partition coefficient (Wildman–Crippen LogP) is -0.767. The molecule has 0 unspecified atom stereocenters. The summed E-state index contributed by atoms with van der Waals surface area (Å²) in [4.78, 5) is 21.2. The maximum Gasteiger partial charge on any atom is 0.322 e. The van der Waals surface area contributed by atoms with Crippen LogP contribution in [0.4, 0.5) is 0 Å². The number of carboxylic acids is 2. The monoisotopic (exact) mass is 291 g/mol. The highest BCUT2D eigenvalue weighted by atomic mass is 32.2. The Labute approximate surface area is 108 Å². The van der Waals surface area contributed by atoms with E-state index in [0.717, 1.165) is 0 Å². The van der Waals surface area contributed by atoms with Gasteiger partial charge in [-0.2, -0.15) is 9.82 Å². The van der Waals surface area contributed by atoms with E-state index in [2.05, 4.69) is 10.2 Å². The number of hydrogen-bond acceptors (Lipinski definition) is 5. The van der Waals surface area contributed by atoms with Crippen molar-refractivity contribution in [3.8, 4) is 0 Å². The minimum absolute atomic E-state index is 0.171. The smallest absolute Gasteiger partial charge is 0.322 e. The van der Waals surface area contributed by atoms with Crippen LogP contribution in [0.2, 0.25) is 0 Å². The van der Waals surface area contributed by atoms with E-state index in [-0.39, 0.29) is 16.3 Å². The molecule has 0 radical (unpaired) electrons. The van der Waals surface area contributed by atoms with Gasteiger partial charge in [0.25, 0.3) is 0 Å². The number of nitrogens with one attached hydrogen (secondary N) is 2. The number of aliphatic carboxylic acids is 2. The summed E-state index contributed by atoms with van der Waals surface area (Å²) in [6.45, 7) is 2.90. The summed E-state index contributed by atoms with van der Waals surface area (Å²) in [6, 6.07) is -1.74. The highest BCUT2D eigenvalue weighted by Crippen LogP contribution is 2.17. The zero-order valence-corrected chi connectivity index (χ0v) is 11.0. The Balaban J connectivity index is 3.08. The van der Waals surface area contributed by atoms with Crippen molar-refractivity contribution in [1.82, 2.24) is 14.9 Å². The summed E-state index contributed by atoms with van der Waals surface area (Å²) >= 11 is 0. The van der Waals surface area contributed by atoms with Crippen LogP contribution in [0.3, 0.4) is 0 Å². The van der Waals surface area contributed by atoms with Gasteiger partial charge in [0.2, 0.25) is 10.0 Å². The number of hydrogen-bond donors (Lipinski definition) is 4. The first-order valence-corrected chi connectivity index (χ1v) is 6.62. The first kappa shape index (κ1) is 15.1. The molecule has 0 aromatic carbocycles. The van der Waals surface area contributed by atoms with E-state index in [0.29, 0.717) is 0 Å². The lowest BCUT2D eigenvalue weighted by Gasteiger charge is -2.12. The Kier molecular flexibility index (Phi) is 4.27. The molecule has 1 aromatic heterocycles. The van der Waals surface area contributed by atoms with Crippen LogP contribution >= 0.6 is 0 Å². The largest absolute Gasteiger partial charge is 0.481 e. The van der Waals surface area contributed by atoms with Crippen LogP contribution in [0.25, 0.3) is 0 Å². The molecule has 0 aliphatic carbocycles. The van der Waals surface area contributed by atoms with Crippen molar-refractivity contribution in [3.63, 3.8) is 0 Å². The molecule has 0 saturated heterocycles. The normalized spacial score (nSPS) is 13.2. The molecule has 0 aliphatic heterocycles. The molecule has 0 saturated carbocycles. The van der Waals surface area contributed by atoms with E-state index in [1.807, 2.05) is 4.72 Å². The molecule has 106 valence electrons. The van der Waals surface area contributed by atoms with E-state index < -0.39 is 34.4 Å². The van der Waals surface area contributed by atoms with Gasteiger partial charge in [-0.1, -0.05) is 0 Å². The van der Waals surface area contributed by atoms with Gasteiger partial charge in [0, 0.05) is 0 Å². The summed E-state index contributed by atoms with van der Waals surface area (Å²) in [5.41, 5.74) is 0.411. The maximum absolute atomic E-state index is 12.0. The van der Waals surface area contributed by atoms with Gasteiger partial charge in [0.1, 0.15) is 10.9 Å². The van der Waals surface area contributed by atoms with Gasteiger partial charge in [0.15, 0.2) is 0 Å². The topological polar surface area (TPSA) is 149 Å². The van der Waals surface area contributed by atoms with Gasteiger partial charge in [-0.15, -0.1) is 0 Å². The standard InChI is InChI=1S/C9H13N3O6S/c1-4-8(5(2)11-10-4)19(17,18)12-6(9(15)16)3-7(13)14/h6,12H,3H2,1-2H3,(H,10,11)(H,13,14)(H,15,16)/t6-/m0/s1. The van der Waals surface area contributed by atoms with E-state index in [1.165, 1.54) is 13.8 Å². The van der Waals surface area contributed by atoms with Gasteiger partial charge in [-0.25, -0.2) is 8.42 Å². The fraction of sp³-hybridized carbons (Fsp3) is 0.444. The first-order chi connectivity index (χ1) is 8.65. The summed E-state index contributed by atoms with van der Waals surface area (Å²) in [6.07, 6.45) is -0.857. The molecule has 1 atom stereocenters. The van der Waals surface area contributed by atoms with Crippen molar-refractivity contribution in [2.24, 2.45) is 0 Å². The minimum atomic E-state index is -4.16. The van der Waals surface area contributed by atoms with Crippen LogP contribution in [0.15, 0.2) is 4.90 Å². The third-order valence-electron chi connectivity index (χ3n) is 2.30. The first-order valence-electron chi connectivity index (χ1n) is 5.13. The number of H-pyrrole nitrogens is 1. The van der Waals surface area contributed by atoms with Crippen LogP contribution in [-0.2, 0) is 19.6 Å². The number of aryl methyl sites for hydroxylation is 2. The zero-order valence-electron chi connectivity index (χ0n) is 10.2. The number of carbonyl (C=O) groups is 2. The fourth-order valence-corrected chi connectivity index (χ4v) is 3.10. The van der Waals surface area contributed by atoms with E-state index in [9.17, 15) is 18.0 Å². The van der Waals surface area contributed by atoms with Crippen molar-refractivity contribution in [2.75, 3.05) is 0 Å². The zero-order chi connectivity index (χ0) is 14.8. The third-order valence-corrected chi connectivity index (χ3v) is 4.04. The summed E-state index contributed by atoms with van der Waals surface area (Å²) in [7, 11) is -4.16. The van der Waals surface area contributed by atoms with Crippen LogP contribution in [0.5, 0.6) is 0 Å². The predicted molar refractivity (Wildman–Crippen MR) is 62.1 cm³/mol. The van der Waals surface area contributed by atoms with Crippen molar-refractivity contribution in [2.45, 2.75) is 31.2 Å². The fourth-order valence-electron chi connectivity index (χ4n) is 1.54. The van der Waals surface area contributed by atoms with Crippen molar-refractivity contribution < 1.29 is 28.2 Å². The van der Waals surface area contributed by atoms with Crippen LogP contribution in [0.1, 0.15) is 17.8 Å². The molecular weight excluding hydrogens is 278 g/mol. The number of carboxylic acid groups (broad SMARTS) is 2. The van der Waals surface area contributed by atoms with Crippen molar-refractivity contribution >= 4 is 22.0 Å². The highest BCUT2D eigenvalue weighted by molar-refractivity contribution is 7.89. The molecule has 1 heterocycles. The molecule has 0 spiro atoms. The second-order valence-corrected chi connectivity index (χ2v) is 5.52. The Morgan fingerprint density at radius 2 is 1.95 bits per heavy atom. The Morgan fingerprint density at radius 3 is 2.32 bits per heavy atom. The molecule has 0 amide bonds. The van der Waals surface area contributed by atoms with Crippen LogP contribution < -0.4 is 4.72 Å². The maximum atomic E-state index is 12.0. The molecule has 0 bridgehead atoms. The number of sulfonamides is 1. The van der Waals surface area contributed by atoms with Crippen molar-refractivity contribution in [1.29, 1.82) is 0 Å². The van der Waals surface area contributed by atoms with Gasteiger partial charge in [0.05, 0.1) is 17.8 Å². The molecular formula is C9H13N3O6S. The Morgan fingerprint density at radius 1 is 1.37 bits per heavy atom. The van der Waals surface area contributed by atoms with Gasteiger partial charge in [-0.3, -0.25) is 14.7 Å². The highest BCUT2D eigenvalue weighted by Gasteiger charge is 2.30. The lowest BCUT2D eigenvalue weighted by molar-refractivity contribution is -0.145. The van der Waals surface area contributed by atoms with Crippen molar-refractivity contribution in [3.05, 3.63) is 11.4 Å². The molecule has 19 heavy (non-hydrogen) atoms. The summed E-state index contributed by atoms with van der Waals surface area (Å²) in [5.74, 6) is -2.99. The molecule has 0 aliphatic rings. The molecule has 0 fully saturated rings. The Hall–Kier alpha value is -1.94. The minimum Gasteiger partial charge on any atom is -0.481 e. The average Bonchev–Trinajstić information content (AvgIpc) is 2.56. The molecule has 4 N–H and O–H groups in total. The second kappa shape index (κ2) is 5.36. The molecule has 1 rings (SSSR count). The molecule has 9 nitrogen and oxygen atoms in total. The summed E-state index contributed by atoms with van der Waals surface area (Å²) < 4.78 is 25.8. The van der Waals surface area contributed by atoms with E-state index in [1.54, 1.807) is 0 Å². The van der Waals surface area contributed by atoms with Crippen LogP contribution in [0, 0.1) is 13.8 Å². The lowest BCUT2D eigenvalue weighted by atomic mass is 10.2. The van der Waals surface area contributed by atoms with Gasteiger partial charge in [-0.05, 0) is 13.8 Å². The number of nitrogens with zero attached hydrogens (tertiary/aromatic N) is 1. The van der Waals surface area contributed by atoms with Crippen LogP contribution in [-0.4, -0.2) is 46.8 Å². The van der Waals surface area contributed by atoms with Gasteiger partial charge >= 0.3 is 11.9 Å². The summed E-state index contributed by atoms with van der Waals surface area (Å²) in [5, 5.41) is 23.5. The second-order valence-electron chi connectivity index (χ2n) is 3.87. The van der Waals surface area contributed by atoms with E-state index in [4.69, 9.17) is 10.2 Å². The molecule has 10 heteroatoms. The quantitative estimate of drug-likeness (QED) is 0.537. The average molecular weight is 291 g/mol. The number of aromatic amines is 1. The molecule has 1 aromatic rings. The SMILES string of the molecule is Cc1n[nH]c(C)c1S(=O)(=O)N[C@@H](CC(=O)O)C(=O)O. The number of rotatable bonds is 6. The number of aromatic nitrogens is 2. The third kappa shape index (κ3) is 3.51. The van der Waals surface area contributed by atoms with Gasteiger partial charge < -0.3 is 10.2 Å². The Bertz CT molecular complexity index is 586.